The predicted octanol–water partition coefficient (Wildman–Crippen LogP) is 1.21. The van der Waals surface area contributed by atoms with Crippen LogP contribution in [0.4, 0.5) is 0 Å². The number of nitrogens with one attached hydrogen (secondary N) is 1. The Bertz CT molecular complexity index is 412. The van der Waals surface area contributed by atoms with Crippen LogP contribution in [-0.4, -0.2) is 43.5 Å². The first-order chi connectivity index (χ1) is 9.21. The fourth-order valence-corrected chi connectivity index (χ4v) is 2.65. The van der Waals surface area contributed by atoms with Crippen molar-refractivity contribution in [3.63, 3.8) is 0 Å². The molecule has 0 spiro atoms. The summed E-state index contributed by atoms with van der Waals surface area (Å²) in [6.45, 7) is 3.93. The van der Waals surface area contributed by atoms with E-state index in [0.29, 0.717) is 12.8 Å². The molecule has 0 aromatic rings. The number of hydrogen-bond donors (Lipinski definition) is 2. The normalized spacial score (nSPS) is 13.2. The van der Waals surface area contributed by atoms with E-state index in [1.807, 2.05) is 13.8 Å². The number of carbonyl (C=O) groups excluding carboxylic acids is 1. The first-order valence-electron chi connectivity index (χ1n) is 6.92. The molecule has 0 fully saturated rings. The SMILES string of the molecule is CCCC(CCC)C(=O)NC(CCS(C)(=O)=O)C(=O)O. The number of rotatable bonds is 10. The Balaban J connectivity index is 4.63. The van der Waals surface area contributed by atoms with Crippen molar-refractivity contribution >= 4 is 21.7 Å². The Kier molecular flexibility index (Phi) is 8.45. The third-order valence-corrected chi connectivity index (χ3v) is 4.01. The lowest BCUT2D eigenvalue weighted by atomic mass is 9.97. The molecular weight excluding hydrogens is 282 g/mol. The van der Waals surface area contributed by atoms with Gasteiger partial charge in [-0.05, 0) is 19.3 Å². The van der Waals surface area contributed by atoms with Crippen LogP contribution in [0, 0.1) is 5.92 Å². The van der Waals surface area contributed by atoms with E-state index in [9.17, 15) is 18.0 Å². The van der Waals surface area contributed by atoms with Crippen LogP contribution in [-0.2, 0) is 19.4 Å². The molecule has 1 unspecified atom stereocenters. The molecule has 0 aliphatic carbocycles. The molecule has 1 amide bonds. The minimum Gasteiger partial charge on any atom is -0.480 e. The van der Waals surface area contributed by atoms with Crippen molar-refractivity contribution in [2.75, 3.05) is 12.0 Å². The monoisotopic (exact) mass is 307 g/mol. The van der Waals surface area contributed by atoms with E-state index in [1.54, 1.807) is 0 Å². The van der Waals surface area contributed by atoms with E-state index >= 15 is 0 Å². The molecular formula is C13H25NO5S. The largest absolute Gasteiger partial charge is 0.480 e. The summed E-state index contributed by atoms with van der Waals surface area (Å²) in [4.78, 5) is 23.1. The molecule has 0 radical (unpaired) electrons. The van der Waals surface area contributed by atoms with Crippen LogP contribution in [0.15, 0.2) is 0 Å². The number of carboxylic acid groups (broad SMARTS) is 1. The second-order valence-electron chi connectivity index (χ2n) is 5.09. The zero-order chi connectivity index (χ0) is 15.8. The van der Waals surface area contributed by atoms with Crippen molar-refractivity contribution < 1.29 is 23.1 Å². The molecule has 0 aliphatic heterocycles. The zero-order valence-electron chi connectivity index (χ0n) is 12.4. The van der Waals surface area contributed by atoms with Gasteiger partial charge in [-0.2, -0.15) is 0 Å². The second-order valence-corrected chi connectivity index (χ2v) is 7.35. The summed E-state index contributed by atoms with van der Waals surface area (Å²) in [5, 5.41) is 11.5. The summed E-state index contributed by atoms with van der Waals surface area (Å²) in [6, 6.07) is -1.14. The number of hydrogen-bond acceptors (Lipinski definition) is 4. The minimum atomic E-state index is -3.24. The minimum absolute atomic E-state index is 0.106. The van der Waals surface area contributed by atoms with Gasteiger partial charge in [-0.25, -0.2) is 13.2 Å². The second kappa shape index (κ2) is 8.94. The van der Waals surface area contributed by atoms with E-state index in [0.717, 1.165) is 19.1 Å². The number of carbonyl (C=O) groups is 2. The fourth-order valence-electron chi connectivity index (χ4n) is 1.98. The third kappa shape index (κ3) is 8.14. The molecule has 0 saturated heterocycles. The van der Waals surface area contributed by atoms with Gasteiger partial charge in [0.2, 0.25) is 5.91 Å². The van der Waals surface area contributed by atoms with Gasteiger partial charge in [0.15, 0.2) is 0 Å². The van der Waals surface area contributed by atoms with Crippen LogP contribution >= 0.6 is 0 Å². The molecule has 118 valence electrons. The molecule has 6 nitrogen and oxygen atoms in total. The summed E-state index contributed by atoms with van der Waals surface area (Å²) in [5.74, 6) is -1.95. The van der Waals surface area contributed by atoms with Gasteiger partial charge in [0.05, 0.1) is 5.75 Å². The Morgan fingerprint density at radius 2 is 1.60 bits per heavy atom. The van der Waals surface area contributed by atoms with Gasteiger partial charge in [-0.1, -0.05) is 26.7 Å². The van der Waals surface area contributed by atoms with Gasteiger partial charge < -0.3 is 10.4 Å². The lowest BCUT2D eigenvalue weighted by molar-refractivity contribution is -0.142. The molecule has 2 N–H and O–H groups in total. The maximum atomic E-state index is 12.0. The van der Waals surface area contributed by atoms with E-state index < -0.39 is 21.8 Å². The first kappa shape index (κ1) is 18.9. The van der Waals surface area contributed by atoms with Gasteiger partial charge in [0, 0.05) is 12.2 Å². The van der Waals surface area contributed by atoms with Crippen molar-refractivity contribution in [3.05, 3.63) is 0 Å². The molecule has 1 atom stereocenters. The zero-order valence-corrected chi connectivity index (χ0v) is 13.2. The molecule has 0 aliphatic rings. The van der Waals surface area contributed by atoms with E-state index in [2.05, 4.69) is 5.32 Å². The van der Waals surface area contributed by atoms with Gasteiger partial charge in [0.25, 0.3) is 0 Å². The average molecular weight is 307 g/mol. The summed E-state index contributed by atoms with van der Waals surface area (Å²) < 4.78 is 22.2. The van der Waals surface area contributed by atoms with E-state index in [-0.39, 0.29) is 24.0 Å². The Hall–Kier alpha value is -1.11. The van der Waals surface area contributed by atoms with Crippen LogP contribution in [0.3, 0.4) is 0 Å². The molecule has 0 bridgehead atoms. The highest BCUT2D eigenvalue weighted by atomic mass is 32.2. The number of amides is 1. The predicted molar refractivity (Wildman–Crippen MR) is 77.2 cm³/mol. The van der Waals surface area contributed by atoms with Gasteiger partial charge in [0.1, 0.15) is 15.9 Å². The molecule has 0 rings (SSSR count). The number of sulfone groups is 1. The van der Waals surface area contributed by atoms with Gasteiger partial charge >= 0.3 is 5.97 Å². The fraction of sp³-hybridized carbons (Fsp3) is 0.846. The van der Waals surface area contributed by atoms with Crippen molar-refractivity contribution in [2.45, 2.75) is 52.0 Å². The van der Waals surface area contributed by atoms with E-state index in [4.69, 9.17) is 5.11 Å². The molecule has 0 aromatic carbocycles. The first-order valence-corrected chi connectivity index (χ1v) is 8.98. The molecule has 20 heavy (non-hydrogen) atoms. The van der Waals surface area contributed by atoms with Crippen LogP contribution in [0.5, 0.6) is 0 Å². The Morgan fingerprint density at radius 3 is 1.95 bits per heavy atom. The lowest BCUT2D eigenvalue weighted by Crippen LogP contribution is -2.44. The highest BCUT2D eigenvalue weighted by Crippen LogP contribution is 2.14. The van der Waals surface area contributed by atoms with Crippen LogP contribution in [0.2, 0.25) is 0 Å². The van der Waals surface area contributed by atoms with Crippen molar-refractivity contribution in [3.8, 4) is 0 Å². The number of aliphatic carboxylic acids is 1. The highest BCUT2D eigenvalue weighted by molar-refractivity contribution is 7.90. The maximum absolute atomic E-state index is 12.0. The summed E-state index contributed by atoms with van der Waals surface area (Å²) in [5.41, 5.74) is 0. The standard InChI is InChI=1S/C13H25NO5S/c1-4-6-10(7-5-2)12(15)14-11(13(16)17)8-9-20(3,18)19/h10-11H,4-9H2,1-3H3,(H,14,15)(H,16,17). The molecule has 0 heterocycles. The topological polar surface area (TPSA) is 101 Å². The van der Waals surface area contributed by atoms with Crippen LogP contribution in [0.1, 0.15) is 46.0 Å². The summed E-state index contributed by atoms with van der Waals surface area (Å²) >= 11 is 0. The molecule has 0 aromatic heterocycles. The summed E-state index contributed by atoms with van der Waals surface area (Å²) in [7, 11) is -3.24. The third-order valence-electron chi connectivity index (χ3n) is 3.04. The van der Waals surface area contributed by atoms with Crippen molar-refractivity contribution in [1.82, 2.24) is 5.32 Å². The number of carboxylic acids is 1. The van der Waals surface area contributed by atoms with Gasteiger partial charge in [-0.3, -0.25) is 4.79 Å². The quantitative estimate of drug-likeness (QED) is 0.632. The van der Waals surface area contributed by atoms with Gasteiger partial charge in [-0.15, -0.1) is 0 Å². The van der Waals surface area contributed by atoms with Crippen LogP contribution < -0.4 is 5.32 Å². The van der Waals surface area contributed by atoms with Crippen LogP contribution in [0.25, 0.3) is 0 Å². The highest BCUT2D eigenvalue weighted by Gasteiger charge is 2.25. The molecule has 7 heteroatoms. The average Bonchev–Trinajstić information content (AvgIpc) is 2.32. The Labute approximate surface area is 120 Å². The van der Waals surface area contributed by atoms with Crippen molar-refractivity contribution in [2.24, 2.45) is 5.92 Å². The maximum Gasteiger partial charge on any atom is 0.326 e. The Morgan fingerprint density at radius 1 is 1.10 bits per heavy atom. The molecule has 0 saturated carbocycles. The summed E-state index contributed by atoms with van der Waals surface area (Å²) in [6.07, 6.45) is 4.05. The lowest BCUT2D eigenvalue weighted by Gasteiger charge is -2.19. The van der Waals surface area contributed by atoms with E-state index in [1.165, 1.54) is 0 Å². The van der Waals surface area contributed by atoms with Crippen molar-refractivity contribution in [1.29, 1.82) is 0 Å². The smallest absolute Gasteiger partial charge is 0.326 e.